The van der Waals surface area contributed by atoms with Crippen LogP contribution in [0.4, 0.5) is 0 Å². The van der Waals surface area contributed by atoms with Crippen LogP contribution in [0.25, 0.3) is 0 Å². The molecule has 1 aromatic heterocycles. The molecule has 1 aliphatic heterocycles. The van der Waals surface area contributed by atoms with Gasteiger partial charge in [0.2, 0.25) is 10.0 Å². The van der Waals surface area contributed by atoms with Crippen LogP contribution in [0.1, 0.15) is 32.4 Å². The van der Waals surface area contributed by atoms with Gasteiger partial charge in [0.15, 0.2) is 5.69 Å². The van der Waals surface area contributed by atoms with E-state index >= 15 is 0 Å². The maximum absolute atomic E-state index is 12.8. The standard InChI is InChI=1S/C14H20N4O2S/c1-11(2)18(10-12-5-3-7-16-12)21(19,20)14-6-4-8-17-13(14)9-15/h4,6,8,11-12,16H,3,5,7,10H2,1-2H3. The van der Waals surface area contributed by atoms with E-state index in [0.29, 0.717) is 6.54 Å². The Morgan fingerprint density at radius 1 is 1.57 bits per heavy atom. The molecule has 7 heteroatoms. The molecular formula is C14H20N4O2S. The topological polar surface area (TPSA) is 86.1 Å². The molecule has 114 valence electrons. The fourth-order valence-electron chi connectivity index (χ4n) is 2.53. The molecule has 1 saturated heterocycles. The van der Waals surface area contributed by atoms with Crippen molar-refractivity contribution in [3.63, 3.8) is 0 Å². The van der Waals surface area contributed by atoms with Gasteiger partial charge in [-0.2, -0.15) is 9.57 Å². The molecule has 6 nitrogen and oxygen atoms in total. The Balaban J connectivity index is 2.35. The molecule has 0 aromatic carbocycles. The normalized spacial score (nSPS) is 19.1. The van der Waals surface area contributed by atoms with Crippen LogP contribution in [0, 0.1) is 11.3 Å². The predicted octanol–water partition coefficient (Wildman–Crippen LogP) is 1.10. The molecule has 0 spiro atoms. The summed E-state index contributed by atoms with van der Waals surface area (Å²) < 4.78 is 27.1. The minimum atomic E-state index is -3.72. The lowest BCUT2D eigenvalue weighted by atomic mass is 10.2. The van der Waals surface area contributed by atoms with E-state index in [-0.39, 0.29) is 22.7 Å². The van der Waals surface area contributed by atoms with Crippen LogP contribution in [0.5, 0.6) is 0 Å². The molecule has 1 aromatic rings. The highest BCUT2D eigenvalue weighted by Crippen LogP contribution is 2.22. The number of sulfonamides is 1. The zero-order valence-corrected chi connectivity index (χ0v) is 13.1. The first-order valence-corrected chi connectivity index (χ1v) is 8.51. The first kappa shape index (κ1) is 15.9. The van der Waals surface area contributed by atoms with E-state index in [0.717, 1.165) is 19.4 Å². The minimum Gasteiger partial charge on any atom is -0.313 e. The quantitative estimate of drug-likeness (QED) is 0.880. The third-order valence-corrected chi connectivity index (χ3v) is 5.68. The number of hydrogen-bond donors (Lipinski definition) is 1. The summed E-state index contributed by atoms with van der Waals surface area (Å²) in [7, 11) is -3.72. The van der Waals surface area contributed by atoms with Crippen molar-refractivity contribution in [2.24, 2.45) is 0 Å². The lowest BCUT2D eigenvalue weighted by Gasteiger charge is -2.28. The van der Waals surface area contributed by atoms with Crippen LogP contribution in [0.15, 0.2) is 23.2 Å². The minimum absolute atomic E-state index is 0.0146. The fraction of sp³-hybridized carbons (Fsp3) is 0.571. The van der Waals surface area contributed by atoms with Crippen molar-refractivity contribution in [2.45, 2.75) is 43.7 Å². The maximum Gasteiger partial charge on any atom is 0.246 e. The largest absolute Gasteiger partial charge is 0.313 e. The van der Waals surface area contributed by atoms with Crippen LogP contribution in [-0.2, 0) is 10.0 Å². The molecule has 1 fully saturated rings. The van der Waals surface area contributed by atoms with Gasteiger partial charge in [-0.05, 0) is 45.4 Å². The Kier molecular flexibility index (Phi) is 4.93. The molecule has 1 atom stereocenters. The van der Waals surface area contributed by atoms with Gasteiger partial charge in [0.25, 0.3) is 0 Å². The number of hydrogen-bond acceptors (Lipinski definition) is 5. The summed E-state index contributed by atoms with van der Waals surface area (Å²) in [4.78, 5) is 3.84. The molecule has 2 heterocycles. The second-order valence-corrected chi connectivity index (χ2v) is 7.28. The summed E-state index contributed by atoms with van der Waals surface area (Å²) in [5.74, 6) is 0. The second-order valence-electron chi connectivity index (χ2n) is 5.42. The zero-order valence-electron chi connectivity index (χ0n) is 12.3. The highest BCUT2D eigenvalue weighted by molar-refractivity contribution is 7.89. The summed E-state index contributed by atoms with van der Waals surface area (Å²) in [5.41, 5.74) is -0.0532. The molecule has 1 aliphatic rings. The molecule has 0 saturated carbocycles. The average molecular weight is 308 g/mol. The molecule has 0 bridgehead atoms. The smallest absolute Gasteiger partial charge is 0.246 e. The maximum atomic E-state index is 12.8. The van der Waals surface area contributed by atoms with Crippen LogP contribution < -0.4 is 5.32 Å². The van der Waals surface area contributed by atoms with Crippen molar-refractivity contribution in [2.75, 3.05) is 13.1 Å². The van der Waals surface area contributed by atoms with E-state index in [9.17, 15) is 8.42 Å². The van der Waals surface area contributed by atoms with Gasteiger partial charge in [-0.15, -0.1) is 0 Å². The lowest BCUT2D eigenvalue weighted by Crippen LogP contribution is -2.44. The Bertz CT molecular complexity index is 631. The summed E-state index contributed by atoms with van der Waals surface area (Å²) in [6.45, 7) is 5.02. The first-order valence-electron chi connectivity index (χ1n) is 7.07. The zero-order chi connectivity index (χ0) is 15.5. The second kappa shape index (κ2) is 6.52. The van der Waals surface area contributed by atoms with E-state index in [1.807, 2.05) is 19.9 Å². The Labute approximate surface area is 125 Å². The van der Waals surface area contributed by atoms with Crippen LogP contribution in [0.3, 0.4) is 0 Å². The van der Waals surface area contributed by atoms with Gasteiger partial charge in [-0.25, -0.2) is 13.4 Å². The molecule has 1 N–H and O–H groups in total. The summed E-state index contributed by atoms with van der Waals surface area (Å²) in [5, 5.41) is 12.4. The monoisotopic (exact) mass is 308 g/mol. The van der Waals surface area contributed by atoms with Gasteiger partial charge in [-0.3, -0.25) is 0 Å². The Morgan fingerprint density at radius 3 is 2.90 bits per heavy atom. The number of nitrogens with one attached hydrogen (secondary N) is 1. The predicted molar refractivity (Wildman–Crippen MR) is 79.0 cm³/mol. The molecule has 0 radical (unpaired) electrons. The average Bonchev–Trinajstić information content (AvgIpc) is 2.97. The first-order chi connectivity index (χ1) is 9.96. The molecule has 0 amide bonds. The fourth-order valence-corrected chi connectivity index (χ4v) is 4.30. The van der Waals surface area contributed by atoms with Crippen molar-refractivity contribution in [3.05, 3.63) is 24.0 Å². The third kappa shape index (κ3) is 3.40. The van der Waals surface area contributed by atoms with E-state index in [1.165, 1.54) is 16.6 Å². The van der Waals surface area contributed by atoms with Crippen molar-refractivity contribution in [3.8, 4) is 6.07 Å². The van der Waals surface area contributed by atoms with E-state index < -0.39 is 10.0 Å². The third-order valence-electron chi connectivity index (χ3n) is 3.60. The van der Waals surface area contributed by atoms with Gasteiger partial charge in [0, 0.05) is 24.8 Å². The van der Waals surface area contributed by atoms with Crippen LogP contribution in [0.2, 0.25) is 0 Å². The van der Waals surface area contributed by atoms with E-state index in [2.05, 4.69) is 10.3 Å². The van der Waals surface area contributed by atoms with Gasteiger partial charge >= 0.3 is 0 Å². The molecule has 1 unspecified atom stereocenters. The summed E-state index contributed by atoms with van der Waals surface area (Å²) in [6.07, 6.45) is 3.46. The SMILES string of the molecule is CC(C)N(CC1CCCN1)S(=O)(=O)c1cccnc1C#N. The molecule has 2 rings (SSSR count). The summed E-state index contributed by atoms with van der Waals surface area (Å²) >= 11 is 0. The van der Waals surface area contributed by atoms with E-state index in [1.54, 1.807) is 6.07 Å². The van der Waals surface area contributed by atoms with E-state index in [4.69, 9.17) is 5.26 Å². The number of rotatable bonds is 5. The Hall–Kier alpha value is -1.49. The number of nitriles is 1. The number of aromatic nitrogens is 1. The number of nitrogens with zero attached hydrogens (tertiary/aromatic N) is 3. The van der Waals surface area contributed by atoms with Crippen molar-refractivity contribution in [1.29, 1.82) is 5.26 Å². The summed E-state index contributed by atoms with van der Waals surface area (Å²) in [6, 6.07) is 4.84. The number of pyridine rings is 1. The molecule has 21 heavy (non-hydrogen) atoms. The van der Waals surface area contributed by atoms with Crippen LogP contribution in [-0.4, -0.2) is 42.9 Å². The van der Waals surface area contributed by atoms with Crippen molar-refractivity contribution in [1.82, 2.24) is 14.6 Å². The highest BCUT2D eigenvalue weighted by Gasteiger charge is 2.32. The molecule has 0 aliphatic carbocycles. The van der Waals surface area contributed by atoms with Gasteiger partial charge in [-0.1, -0.05) is 0 Å². The van der Waals surface area contributed by atoms with Crippen molar-refractivity contribution < 1.29 is 8.42 Å². The van der Waals surface area contributed by atoms with Gasteiger partial charge in [0.05, 0.1) is 0 Å². The van der Waals surface area contributed by atoms with Crippen LogP contribution >= 0.6 is 0 Å². The molecular weight excluding hydrogens is 288 g/mol. The highest BCUT2D eigenvalue weighted by atomic mass is 32.2. The van der Waals surface area contributed by atoms with Gasteiger partial charge in [0.1, 0.15) is 11.0 Å². The lowest BCUT2D eigenvalue weighted by molar-refractivity contribution is 0.322. The van der Waals surface area contributed by atoms with Crippen molar-refractivity contribution >= 4 is 10.0 Å². The van der Waals surface area contributed by atoms with Gasteiger partial charge < -0.3 is 5.32 Å². The Morgan fingerprint density at radius 2 is 2.33 bits per heavy atom.